The van der Waals surface area contributed by atoms with Gasteiger partial charge in [0, 0.05) is 23.3 Å². The van der Waals surface area contributed by atoms with Gasteiger partial charge in [-0.25, -0.2) is 8.42 Å². The molecule has 1 aliphatic rings. The van der Waals surface area contributed by atoms with Gasteiger partial charge in [0.25, 0.3) is 15.0 Å². The molecule has 0 aliphatic heterocycles. The van der Waals surface area contributed by atoms with Crippen LogP contribution in [0.1, 0.15) is 36.7 Å². The molecule has 106 valence electrons. The molecule has 0 spiro atoms. The number of furan rings is 1. The fourth-order valence-electron chi connectivity index (χ4n) is 1.97. The number of carbonyl (C=O) groups is 1. The molecule has 1 aromatic heterocycles. The molecule has 8 heteroatoms. The van der Waals surface area contributed by atoms with E-state index in [9.17, 15) is 13.2 Å². The molecule has 0 aromatic carbocycles. The molecule has 1 heterocycles. The van der Waals surface area contributed by atoms with Crippen LogP contribution in [0.5, 0.6) is 0 Å². The number of halogens is 2. The average Bonchev–Trinajstić information content (AvgIpc) is 2.65. The highest BCUT2D eigenvalue weighted by atomic mass is 79.9. The summed E-state index contributed by atoms with van der Waals surface area (Å²) in [6, 6.07) is 1.12. The maximum absolute atomic E-state index is 11.9. The van der Waals surface area contributed by atoms with Gasteiger partial charge in [-0.15, -0.1) is 0 Å². The van der Waals surface area contributed by atoms with Crippen molar-refractivity contribution >= 4 is 41.6 Å². The number of hydrogen-bond donors (Lipinski definition) is 1. The number of rotatable bonds is 4. The summed E-state index contributed by atoms with van der Waals surface area (Å²) in [6.45, 7) is 2.65. The predicted octanol–water partition coefficient (Wildman–Crippen LogP) is 2.89. The maximum atomic E-state index is 11.9. The molecule has 1 aromatic rings. The minimum atomic E-state index is -3.93. The average molecular weight is 371 g/mol. The molecule has 1 fully saturated rings. The van der Waals surface area contributed by atoms with Crippen LogP contribution in [-0.2, 0) is 9.05 Å². The van der Waals surface area contributed by atoms with Crippen molar-refractivity contribution in [3.05, 3.63) is 16.5 Å². The zero-order chi connectivity index (χ0) is 14.3. The molecule has 19 heavy (non-hydrogen) atoms. The van der Waals surface area contributed by atoms with E-state index in [0.29, 0.717) is 6.54 Å². The lowest BCUT2D eigenvalue weighted by Gasteiger charge is -2.38. The Morgan fingerprint density at radius 1 is 1.58 bits per heavy atom. The first-order valence-electron chi connectivity index (χ1n) is 5.73. The second kappa shape index (κ2) is 5.10. The largest absolute Gasteiger partial charge is 0.443 e. The third-order valence-corrected chi connectivity index (χ3v) is 5.56. The van der Waals surface area contributed by atoms with Gasteiger partial charge in [-0.2, -0.15) is 0 Å². The van der Waals surface area contributed by atoms with Gasteiger partial charge in [0.2, 0.25) is 0 Å². The van der Waals surface area contributed by atoms with Crippen LogP contribution in [0.2, 0.25) is 0 Å². The Labute approximate surface area is 124 Å². The molecule has 0 saturated heterocycles. The highest BCUT2D eigenvalue weighted by Crippen LogP contribution is 2.39. The molecular weight excluding hydrogens is 358 g/mol. The van der Waals surface area contributed by atoms with Crippen molar-refractivity contribution < 1.29 is 17.6 Å². The van der Waals surface area contributed by atoms with Crippen LogP contribution >= 0.6 is 26.6 Å². The smallest absolute Gasteiger partial charge is 0.287 e. The lowest BCUT2D eigenvalue weighted by Crippen LogP contribution is -2.39. The minimum Gasteiger partial charge on any atom is -0.443 e. The standard InChI is InChI=1S/C11H13BrClNO4S/c1-11(3-2-4-11)6-14-10(15)7-5-8(9(12)18-7)19(13,16)17/h5H,2-4,6H2,1H3,(H,14,15). The molecule has 0 atom stereocenters. The summed E-state index contributed by atoms with van der Waals surface area (Å²) in [4.78, 5) is 11.6. The molecule has 1 amide bonds. The first kappa shape index (κ1) is 14.9. The summed E-state index contributed by atoms with van der Waals surface area (Å²) in [6.07, 6.45) is 3.33. The number of nitrogens with one attached hydrogen (secondary N) is 1. The van der Waals surface area contributed by atoms with Crippen LogP contribution in [0.25, 0.3) is 0 Å². The Balaban J connectivity index is 2.08. The van der Waals surface area contributed by atoms with Gasteiger partial charge in [-0.1, -0.05) is 13.3 Å². The first-order chi connectivity index (χ1) is 8.71. The van der Waals surface area contributed by atoms with Crippen LogP contribution in [-0.4, -0.2) is 20.9 Å². The second-order valence-electron chi connectivity index (χ2n) is 5.03. The zero-order valence-electron chi connectivity index (χ0n) is 10.2. The fourth-order valence-corrected chi connectivity index (χ4v) is 4.00. The second-order valence-corrected chi connectivity index (χ2v) is 8.29. The van der Waals surface area contributed by atoms with Crippen LogP contribution in [0.4, 0.5) is 0 Å². The van der Waals surface area contributed by atoms with E-state index in [1.54, 1.807) is 0 Å². The summed E-state index contributed by atoms with van der Waals surface area (Å²) < 4.78 is 27.4. The van der Waals surface area contributed by atoms with Crippen molar-refractivity contribution in [3.8, 4) is 0 Å². The zero-order valence-corrected chi connectivity index (χ0v) is 13.4. The van der Waals surface area contributed by atoms with E-state index in [0.717, 1.165) is 18.9 Å². The van der Waals surface area contributed by atoms with Crippen molar-refractivity contribution in [2.75, 3.05) is 6.54 Å². The fraction of sp³-hybridized carbons (Fsp3) is 0.545. The van der Waals surface area contributed by atoms with Gasteiger partial charge in [0.05, 0.1) is 0 Å². The van der Waals surface area contributed by atoms with Crippen LogP contribution < -0.4 is 5.32 Å². The van der Waals surface area contributed by atoms with E-state index in [-0.39, 0.29) is 20.7 Å². The van der Waals surface area contributed by atoms with Crippen LogP contribution in [0.3, 0.4) is 0 Å². The Morgan fingerprint density at radius 2 is 2.21 bits per heavy atom. The van der Waals surface area contributed by atoms with E-state index in [1.165, 1.54) is 6.42 Å². The maximum Gasteiger partial charge on any atom is 0.287 e. The minimum absolute atomic E-state index is 0.0671. The highest BCUT2D eigenvalue weighted by molar-refractivity contribution is 9.10. The molecule has 5 nitrogen and oxygen atoms in total. The predicted molar refractivity (Wildman–Crippen MR) is 73.7 cm³/mol. The Bertz CT molecular complexity index is 606. The molecule has 2 rings (SSSR count). The molecule has 1 aliphatic carbocycles. The van der Waals surface area contributed by atoms with Crippen molar-refractivity contribution in [2.45, 2.75) is 31.1 Å². The van der Waals surface area contributed by atoms with Gasteiger partial charge in [0.1, 0.15) is 4.90 Å². The van der Waals surface area contributed by atoms with Crippen molar-refractivity contribution in [2.24, 2.45) is 5.41 Å². The number of hydrogen-bond acceptors (Lipinski definition) is 4. The lowest BCUT2D eigenvalue weighted by molar-refractivity contribution is 0.0862. The van der Waals surface area contributed by atoms with E-state index >= 15 is 0 Å². The SMILES string of the molecule is CC1(CNC(=O)c2cc(S(=O)(=O)Cl)c(Br)o2)CCC1. The summed E-state index contributed by atoms with van der Waals surface area (Å²) in [5.41, 5.74) is 0.140. The van der Waals surface area contributed by atoms with Gasteiger partial charge in [0.15, 0.2) is 10.4 Å². The van der Waals surface area contributed by atoms with Crippen LogP contribution in [0.15, 0.2) is 20.0 Å². The quantitative estimate of drug-likeness (QED) is 0.827. The van der Waals surface area contributed by atoms with Gasteiger partial charge >= 0.3 is 0 Å². The van der Waals surface area contributed by atoms with E-state index in [1.807, 2.05) is 0 Å². The lowest BCUT2D eigenvalue weighted by atomic mass is 9.70. The normalized spacial score (nSPS) is 17.8. The van der Waals surface area contributed by atoms with Gasteiger partial charge in [-0.3, -0.25) is 4.79 Å². The third kappa shape index (κ3) is 3.32. The summed E-state index contributed by atoms with van der Waals surface area (Å²) in [5.74, 6) is -0.519. The van der Waals surface area contributed by atoms with Gasteiger partial charge in [-0.05, 0) is 34.2 Å². The molecule has 1 saturated carbocycles. The Hall–Kier alpha value is -0.530. The molecule has 0 radical (unpaired) electrons. The van der Waals surface area contributed by atoms with Crippen molar-refractivity contribution in [1.82, 2.24) is 5.32 Å². The molecule has 0 unspecified atom stereocenters. The Morgan fingerprint density at radius 3 is 2.63 bits per heavy atom. The highest BCUT2D eigenvalue weighted by Gasteiger charge is 2.32. The topological polar surface area (TPSA) is 76.4 Å². The van der Waals surface area contributed by atoms with E-state index < -0.39 is 15.0 Å². The van der Waals surface area contributed by atoms with Crippen molar-refractivity contribution in [1.29, 1.82) is 0 Å². The van der Waals surface area contributed by atoms with Crippen molar-refractivity contribution in [3.63, 3.8) is 0 Å². The van der Waals surface area contributed by atoms with Gasteiger partial charge < -0.3 is 9.73 Å². The number of carbonyl (C=O) groups excluding carboxylic acids is 1. The third-order valence-electron chi connectivity index (χ3n) is 3.38. The Kier molecular flexibility index (Phi) is 3.99. The monoisotopic (exact) mass is 369 g/mol. The summed E-state index contributed by atoms with van der Waals surface area (Å²) in [5, 5.41) is 2.74. The molecular formula is C11H13BrClNO4S. The van der Waals surface area contributed by atoms with E-state index in [4.69, 9.17) is 15.1 Å². The van der Waals surface area contributed by atoms with E-state index in [2.05, 4.69) is 28.2 Å². The first-order valence-corrected chi connectivity index (χ1v) is 8.84. The molecule has 1 N–H and O–H groups in total. The number of amides is 1. The summed E-state index contributed by atoms with van der Waals surface area (Å²) in [7, 11) is 1.28. The summed E-state index contributed by atoms with van der Waals surface area (Å²) >= 11 is 2.93. The molecule has 0 bridgehead atoms. The van der Waals surface area contributed by atoms with Crippen LogP contribution in [0, 0.1) is 5.41 Å².